The molecule has 3 atom stereocenters. The summed E-state index contributed by atoms with van der Waals surface area (Å²) in [6.07, 6.45) is 2.14. The van der Waals surface area contributed by atoms with Gasteiger partial charge >= 0.3 is 0 Å². The molecule has 28 heavy (non-hydrogen) atoms. The molecule has 3 aromatic rings. The Morgan fingerprint density at radius 1 is 1.29 bits per heavy atom. The SMILES string of the molecule is Cc1noc(C)c1-c1ccc2c(c1)nc([C@@H]1CCC(=O)N1)n2C1CCS(=O)C1. The van der Waals surface area contributed by atoms with Gasteiger partial charge in [0.1, 0.15) is 11.6 Å². The van der Waals surface area contributed by atoms with Gasteiger partial charge in [0.05, 0.1) is 22.8 Å². The Morgan fingerprint density at radius 3 is 2.79 bits per heavy atom. The first-order chi connectivity index (χ1) is 13.5. The van der Waals surface area contributed by atoms with Crippen molar-refractivity contribution >= 4 is 27.7 Å². The molecule has 1 amide bonds. The summed E-state index contributed by atoms with van der Waals surface area (Å²) in [5, 5.41) is 7.10. The number of imidazole rings is 1. The predicted molar refractivity (Wildman–Crippen MR) is 106 cm³/mol. The third kappa shape index (κ3) is 2.78. The zero-order chi connectivity index (χ0) is 19.4. The normalized spacial score (nSPS) is 24.9. The molecule has 2 aromatic heterocycles. The van der Waals surface area contributed by atoms with Crippen LogP contribution in [0.1, 0.15) is 48.6 Å². The number of aryl methyl sites for hydroxylation is 2. The van der Waals surface area contributed by atoms with Crippen molar-refractivity contribution in [2.45, 2.75) is 45.2 Å². The molecular formula is C20H22N4O3S. The molecule has 2 aliphatic heterocycles. The third-order valence-corrected chi connectivity index (χ3v) is 7.22. The van der Waals surface area contributed by atoms with E-state index in [9.17, 15) is 9.00 Å². The molecule has 0 bridgehead atoms. The molecule has 2 saturated heterocycles. The van der Waals surface area contributed by atoms with Crippen molar-refractivity contribution in [3.8, 4) is 11.1 Å². The van der Waals surface area contributed by atoms with E-state index in [0.29, 0.717) is 12.2 Å². The number of aromatic nitrogens is 3. The molecule has 0 saturated carbocycles. The number of nitrogens with zero attached hydrogens (tertiary/aromatic N) is 3. The fraction of sp³-hybridized carbons (Fsp3) is 0.450. The van der Waals surface area contributed by atoms with Gasteiger partial charge in [-0.15, -0.1) is 0 Å². The zero-order valence-electron chi connectivity index (χ0n) is 15.9. The van der Waals surface area contributed by atoms with Gasteiger partial charge in [0.15, 0.2) is 0 Å². The molecular weight excluding hydrogens is 376 g/mol. The monoisotopic (exact) mass is 398 g/mol. The van der Waals surface area contributed by atoms with Gasteiger partial charge < -0.3 is 14.4 Å². The number of benzene rings is 1. The van der Waals surface area contributed by atoms with Gasteiger partial charge in [0, 0.05) is 40.3 Å². The number of amides is 1. The van der Waals surface area contributed by atoms with E-state index in [1.807, 2.05) is 13.8 Å². The lowest BCUT2D eigenvalue weighted by molar-refractivity contribution is -0.119. The lowest BCUT2D eigenvalue weighted by atomic mass is 10.0. The number of rotatable bonds is 3. The number of fused-ring (bicyclic) bond motifs is 1. The number of hydrogen-bond donors (Lipinski definition) is 1. The van der Waals surface area contributed by atoms with Crippen molar-refractivity contribution in [2.24, 2.45) is 0 Å². The summed E-state index contributed by atoms with van der Waals surface area (Å²) < 4.78 is 19.6. The number of nitrogens with one attached hydrogen (secondary N) is 1. The van der Waals surface area contributed by atoms with Crippen molar-refractivity contribution in [1.82, 2.24) is 20.0 Å². The molecule has 1 aromatic carbocycles. The summed E-state index contributed by atoms with van der Waals surface area (Å²) in [5.41, 5.74) is 4.77. The van der Waals surface area contributed by atoms with Crippen LogP contribution in [0.4, 0.5) is 0 Å². The number of carbonyl (C=O) groups excluding carboxylic acids is 1. The molecule has 2 fully saturated rings. The van der Waals surface area contributed by atoms with Gasteiger partial charge in [-0.1, -0.05) is 11.2 Å². The van der Waals surface area contributed by atoms with Gasteiger partial charge in [-0.05, 0) is 44.4 Å². The molecule has 146 valence electrons. The van der Waals surface area contributed by atoms with Gasteiger partial charge in [0.2, 0.25) is 5.91 Å². The Morgan fingerprint density at radius 2 is 2.14 bits per heavy atom. The highest BCUT2D eigenvalue weighted by Gasteiger charge is 2.32. The quantitative estimate of drug-likeness (QED) is 0.733. The highest BCUT2D eigenvalue weighted by molar-refractivity contribution is 7.85. The van der Waals surface area contributed by atoms with Gasteiger partial charge in [0.25, 0.3) is 0 Å². The fourth-order valence-electron chi connectivity index (χ4n) is 4.46. The number of carbonyl (C=O) groups is 1. The van der Waals surface area contributed by atoms with Crippen LogP contribution in [0, 0.1) is 13.8 Å². The Balaban J connectivity index is 1.66. The molecule has 8 heteroatoms. The summed E-state index contributed by atoms with van der Waals surface area (Å²) in [5.74, 6) is 3.09. The first-order valence-electron chi connectivity index (χ1n) is 9.60. The average molecular weight is 398 g/mol. The van der Waals surface area contributed by atoms with Crippen molar-refractivity contribution in [1.29, 1.82) is 0 Å². The van der Waals surface area contributed by atoms with Crippen molar-refractivity contribution < 1.29 is 13.5 Å². The standard InChI is InChI=1S/C20H22N4O3S/c1-11-19(12(2)27-23-11)13-3-5-17-16(9-13)22-20(15-4-6-18(25)21-15)24(17)14-7-8-28(26)10-14/h3,5,9,14-15H,4,6-8,10H2,1-2H3,(H,21,25)/t14?,15-,28?/m0/s1. The maximum Gasteiger partial charge on any atom is 0.220 e. The Labute approximate surface area is 164 Å². The van der Waals surface area contributed by atoms with Crippen LogP contribution in [0.25, 0.3) is 22.2 Å². The minimum Gasteiger partial charge on any atom is -0.361 e. The van der Waals surface area contributed by atoms with Gasteiger partial charge in [-0.3, -0.25) is 9.00 Å². The van der Waals surface area contributed by atoms with Crippen molar-refractivity contribution in [2.75, 3.05) is 11.5 Å². The third-order valence-electron chi connectivity index (χ3n) is 5.77. The highest BCUT2D eigenvalue weighted by atomic mass is 32.2. The number of hydrogen-bond acceptors (Lipinski definition) is 5. The van der Waals surface area contributed by atoms with Crippen LogP contribution in [0.5, 0.6) is 0 Å². The van der Waals surface area contributed by atoms with Crippen LogP contribution >= 0.6 is 0 Å². The summed E-state index contributed by atoms with van der Waals surface area (Å²) in [4.78, 5) is 16.7. The fourth-order valence-corrected chi connectivity index (χ4v) is 5.90. The van der Waals surface area contributed by atoms with Crippen LogP contribution in [0.3, 0.4) is 0 Å². The Kier molecular flexibility index (Phi) is 4.12. The van der Waals surface area contributed by atoms with Crippen LogP contribution in [-0.4, -0.2) is 36.3 Å². The smallest absolute Gasteiger partial charge is 0.220 e. The maximum atomic E-state index is 12.0. The molecule has 0 spiro atoms. The van der Waals surface area contributed by atoms with Crippen LogP contribution in [0.15, 0.2) is 22.7 Å². The first-order valence-corrected chi connectivity index (χ1v) is 11.1. The molecule has 4 heterocycles. The van der Waals surface area contributed by atoms with Crippen LogP contribution in [0.2, 0.25) is 0 Å². The molecule has 0 aliphatic carbocycles. The second-order valence-electron chi connectivity index (χ2n) is 7.65. The molecule has 5 rings (SSSR count). The zero-order valence-corrected chi connectivity index (χ0v) is 16.7. The lowest BCUT2D eigenvalue weighted by Gasteiger charge is -2.19. The van der Waals surface area contributed by atoms with E-state index >= 15 is 0 Å². The lowest BCUT2D eigenvalue weighted by Crippen LogP contribution is -2.23. The van der Waals surface area contributed by atoms with Gasteiger partial charge in [-0.25, -0.2) is 4.98 Å². The van der Waals surface area contributed by atoms with E-state index in [-0.39, 0.29) is 18.0 Å². The highest BCUT2D eigenvalue weighted by Crippen LogP contribution is 2.36. The van der Waals surface area contributed by atoms with E-state index in [1.54, 1.807) is 0 Å². The Bertz CT molecular complexity index is 1100. The average Bonchev–Trinajstić information content (AvgIpc) is 3.42. The minimum atomic E-state index is -0.789. The van der Waals surface area contributed by atoms with E-state index in [0.717, 1.165) is 58.0 Å². The van der Waals surface area contributed by atoms with E-state index in [1.165, 1.54) is 0 Å². The topological polar surface area (TPSA) is 90.0 Å². The second-order valence-corrected chi connectivity index (χ2v) is 9.28. The largest absolute Gasteiger partial charge is 0.361 e. The Hall–Kier alpha value is -2.48. The summed E-state index contributed by atoms with van der Waals surface area (Å²) in [6.45, 7) is 3.84. The van der Waals surface area contributed by atoms with Crippen LogP contribution in [-0.2, 0) is 15.6 Å². The minimum absolute atomic E-state index is 0.0648. The maximum absolute atomic E-state index is 12.0. The first kappa shape index (κ1) is 17.6. The van der Waals surface area contributed by atoms with Gasteiger partial charge in [-0.2, -0.15) is 0 Å². The predicted octanol–water partition coefficient (Wildman–Crippen LogP) is 2.95. The van der Waals surface area contributed by atoms with E-state index < -0.39 is 10.8 Å². The van der Waals surface area contributed by atoms with Crippen molar-refractivity contribution in [3.05, 3.63) is 35.5 Å². The summed E-state index contributed by atoms with van der Waals surface area (Å²) in [6, 6.07) is 6.27. The summed E-state index contributed by atoms with van der Waals surface area (Å²) in [7, 11) is -0.789. The van der Waals surface area contributed by atoms with Crippen LogP contribution < -0.4 is 5.32 Å². The molecule has 2 aliphatic rings. The van der Waals surface area contributed by atoms with E-state index in [4.69, 9.17) is 9.51 Å². The second kappa shape index (κ2) is 6.55. The molecule has 2 unspecified atom stereocenters. The molecule has 7 nitrogen and oxygen atoms in total. The van der Waals surface area contributed by atoms with E-state index in [2.05, 4.69) is 33.2 Å². The summed E-state index contributed by atoms with van der Waals surface area (Å²) >= 11 is 0. The molecule has 0 radical (unpaired) electrons. The molecule has 1 N–H and O–H groups in total. The van der Waals surface area contributed by atoms with Crippen molar-refractivity contribution in [3.63, 3.8) is 0 Å².